The van der Waals surface area contributed by atoms with Crippen molar-refractivity contribution in [2.75, 3.05) is 6.61 Å². The van der Waals surface area contributed by atoms with Gasteiger partial charge in [0.05, 0.1) is 6.42 Å². The normalized spacial score (nSPS) is 14.6. The number of aromatic nitrogens is 4. The quantitative estimate of drug-likeness (QED) is 0.761. The molecule has 0 amide bonds. The molecule has 0 radical (unpaired) electrons. The molecule has 6 heteroatoms. The minimum Gasteiger partial charge on any atom is -0.461 e. The number of carbonyl (C=O) groups is 1. The van der Waals surface area contributed by atoms with Gasteiger partial charge in [-0.3, -0.25) is 4.79 Å². The maximum absolute atomic E-state index is 12.0. The summed E-state index contributed by atoms with van der Waals surface area (Å²) in [7, 11) is 0. The minimum atomic E-state index is -0.173. The van der Waals surface area contributed by atoms with Crippen LogP contribution in [-0.2, 0) is 9.53 Å². The van der Waals surface area contributed by atoms with E-state index in [1.807, 2.05) is 51.1 Å². The number of hydrogen-bond acceptors (Lipinski definition) is 6. The van der Waals surface area contributed by atoms with Crippen molar-refractivity contribution in [1.82, 2.24) is 20.4 Å². The van der Waals surface area contributed by atoms with Crippen LogP contribution in [0.25, 0.3) is 17.0 Å². The van der Waals surface area contributed by atoms with Crippen LogP contribution >= 0.6 is 0 Å². The zero-order chi connectivity index (χ0) is 18.6. The number of rotatable bonds is 5. The van der Waals surface area contributed by atoms with Gasteiger partial charge >= 0.3 is 5.97 Å². The van der Waals surface area contributed by atoms with Crippen molar-refractivity contribution in [3.8, 4) is 11.4 Å². The van der Waals surface area contributed by atoms with Gasteiger partial charge in [0.1, 0.15) is 6.61 Å². The number of allylic oxidation sites excluding steroid dienone is 1. The molecule has 0 fully saturated rings. The minimum absolute atomic E-state index is 0.0752. The third-order valence-corrected chi connectivity index (χ3v) is 4.19. The Morgan fingerprint density at radius 3 is 2.31 bits per heavy atom. The van der Waals surface area contributed by atoms with Gasteiger partial charge in [-0.05, 0) is 30.3 Å². The molecule has 136 valence electrons. The largest absolute Gasteiger partial charge is 0.461 e. The molecule has 3 rings (SSSR count). The van der Waals surface area contributed by atoms with E-state index >= 15 is 0 Å². The van der Waals surface area contributed by atoms with Crippen molar-refractivity contribution >= 4 is 11.5 Å². The van der Waals surface area contributed by atoms with Gasteiger partial charge in [-0.1, -0.05) is 51.1 Å². The van der Waals surface area contributed by atoms with E-state index in [0.717, 1.165) is 36.0 Å². The molecule has 2 aromatic rings. The summed E-state index contributed by atoms with van der Waals surface area (Å²) in [5.74, 6) is 0.864. The molecule has 0 saturated carbocycles. The van der Waals surface area contributed by atoms with Gasteiger partial charge in [-0.15, -0.1) is 20.4 Å². The molecule has 1 aromatic carbocycles. The van der Waals surface area contributed by atoms with Crippen LogP contribution in [0.15, 0.2) is 35.9 Å². The van der Waals surface area contributed by atoms with E-state index < -0.39 is 0 Å². The zero-order valence-electron chi connectivity index (χ0n) is 15.5. The third kappa shape index (κ3) is 4.71. The van der Waals surface area contributed by atoms with Gasteiger partial charge in [-0.2, -0.15) is 0 Å². The highest BCUT2D eigenvalue weighted by Crippen LogP contribution is 2.32. The molecule has 1 aromatic heterocycles. The Kier molecular flexibility index (Phi) is 5.40. The molecule has 26 heavy (non-hydrogen) atoms. The van der Waals surface area contributed by atoms with E-state index in [4.69, 9.17) is 4.74 Å². The van der Waals surface area contributed by atoms with E-state index in [-0.39, 0.29) is 11.4 Å². The van der Waals surface area contributed by atoms with E-state index in [9.17, 15) is 4.79 Å². The smallest absolute Gasteiger partial charge is 0.306 e. The topological polar surface area (TPSA) is 77.9 Å². The highest BCUT2D eigenvalue weighted by atomic mass is 16.5. The van der Waals surface area contributed by atoms with Gasteiger partial charge in [0, 0.05) is 11.1 Å². The molecular formula is C20H24N4O2. The van der Waals surface area contributed by atoms with Crippen LogP contribution in [0, 0.1) is 5.41 Å². The van der Waals surface area contributed by atoms with Gasteiger partial charge in [-0.25, -0.2) is 0 Å². The second kappa shape index (κ2) is 7.72. The lowest BCUT2D eigenvalue weighted by Crippen LogP contribution is -2.16. The second-order valence-electron chi connectivity index (χ2n) is 7.75. The first-order chi connectivity index (χ1) is 12.4. The number of hydrogen-bond donors (Lipinski definition) is 0. The number of ether oxygens (including phenoxy) is 1. The summed E-state index contributed by atoms with van der Waals surface area (Å²) >= 11 is 0. The molecular weight excluding hydrogens is 328 g/mol. The standard InChI is InChI=1S/C20H24N4O2/c1-20(2,3)12-17(25)26-13-15-10-7-11-16(15)19-23-21-18(22-24-19)14-8-5-4-6-9-14/h4-6,8-9H,7,10-13H2,1-3H3. The van der Waals surface area contributed by atoms with Crippen LogP contribution in [-0.4, -0.2) is 33.0 Å². The molecule has 0 bridgehead atoms. The van der Waals surface area contributed by atoms with Crippen molar-refractivity contribution in [2.24, 2.45) is 5.41 Å². The predicted molar refractivity (Wildman–Crippen MR) is 98.9 cm³/mol. The first-order valence-corrected chi connectivity index (χ1v) is 8.92. The van der Waals surface area contributed by atoms with Gasteiger partial charge in [0.15, 0.2) is 5.82 Å². The first-order valence-electron chi connectivity index (χ1n) is 8.92. The van der Waals surface area contributed by atoms with Gasteiger partial charge in [0.2, 0.25) is 5.82 Å². The highest BCUT2D eigenvalue weighted by Gasteiger charge is 2.22. The molecule has 0 N–H and O–H groups in total. The molecule has 0 atom stereocenters. The fourth-order valence-electron chi connectivity index (χ4n) is 2.94. The second-order valence-corrected chi connectivity index (χ2v) is 7.75. The molecule has 0 unspecified atom stereocenters. The Labute approximate surface area is 153 Å². The van der Waals surface area contributed by atoms with E-state index in [2.05, 4.69) is 20.4 Å². The Hall–Kier alpha value is -2.63. The Bertz CT molecular complexity index is 793. The summed E-state index contributed by atoms with van der Waals surface area (Å²) in [6.07, 6.45) is 3.16. The van der Waals surface area contributed by atoms with Crippen molar-refractivity contribution in [2.45, 2.75) is 46.5 Å². The number of nitrogens with zero attached hydrogens (tertiary/aromatic N) is 4. The number of esters is 1. The Morgan fingerprint density at radius 2 is 1.65 bits per heavy atom. The molecule has 1 heterocycles. The SMILES string of the molecule is CC(C)(C)CC(=O)OCC1=C(c2nnc(-c3ccccc3)nn2)CCC1. The first kappa shape index (κ1) is 18.2. The highest BCUT2D eigenvalue weighted by molar-refractivity contribution is 5.71. The van der Waals surface area contributed by atoms with Gasteiger partial charge < -0.3 is 4.74 Å². The van der Waals surface area contributed by atoms with Crippen molar-refractivity contribution in [3.05, 3.63) is 41.7 Å². The lowest BCUT2D eigenvalue weighted by Gasteiger charge is -2.17. The molecule has 0 aliphatic heterocycles. The maximum Gasteiger partial charge on any atom is 0.306 e. The predicted octanol–water partition coefficient (Wildman–Crippen LogP) is 3.85. The van der Waals surface area contributed by atoms with Crippen LogP contribution in [0.2, 0.25) is 0 Å². The molecule has 6 nitrogen and oxygen atoms in total. The maximum atomic E-state index is 12.0. The summed E-state index contributed by atoms with van der Waals surface area (Å²) < 4.78 is 5.45. The Morgan fingerprint density at radius 1 is 1.00 bits per heavy atom. The average Bonchev–Trinajstić information content (AvgIpc) is 3.08. The van der Waals surface area contributed by atoms with E-state index in [1.165, 1.54) is 0 Å². The fraction of sp³-hybridized carbons (Fsp3) is 0.450. The lowest BCUT2D eigenvalue weighted by atomic mass is 9.92. The van der Waals surface area contributed by atoms with Crippen LogP contribution in [0.4, 0.5) is 0 Å². The molecule has 0 saturated heterocycles. The van der Waals surface area contributed by atoms with Gasteiger partial charge in [0.25, 0.3) is 0 Å². The summed E-state index contributed by atoms with van der Waals surface area (Å²) in [5, 5.41) is 16.9. The van der Waals surface area contributed by atoms with Crippen LogP contribution < -0.4 is 0 Å². The number of benzene rings is 1. The summed E-state index contributed by atoms with van der Waals surface area (Å²) in [6, 6.07) is 9.64. The summed E-state index contributed by atoms with van der Waals surface area (Å²) in [6.45, 7) is 6.37. The van der Waals surface area contributed by atoms with Crippen molar-refractivity contribution in [3.63, 3.8) is 0 Å². The monoisotopic (exact) mass is 352 g/mol. The average molecular weight is 352 g/mol. The van der Waals surface area contributed by atoms with E-state index in [1.54, 1.807) is 0 Å². The van der Waals surface area contributed by atoms with Crippen molar-refractivity contribution in [1.29, 1.82) is 0 Å². The number of carbonyl (C=O) groups excluding carboxylic acids is 1. The third-order valence-electron chi connectivity index (χ3n) is 4.19. The Balaban J connectivity index is 1.70. The molecule has 0 spiro atoms. The zero-order valence-corrected chi connectivity index (χ0v) is 15.5. The summed E-state index contributed by atoms with van der Waals surface area (Å²) in [5.41, 5.74) is 2.89. The van der Waals surface area contributed by atoms with Crippen LogP contribution in [0.3, 0.4) is 0 Å². The lowest BCUT2D eigenvalue weighted by molar-refractivity contribution is -0.144. The van der Waals surface area contributed by atoms with Crippen LogP contribution in [0.5, 0.6) is 0 Å². The van der Waals surface area contributed by atoms with Crippen molar-refractivity contribution < 1.29 is 9.53 Å². The molecule has 1 aliphatic carbocycles. The van der Waals surface area contributed by atoms with Crippen LogP contribution in [0.1, 0.15) is 52.3 Å². The van der Waals surface area contributed by atoms with E-state index in [0.29, 0.717) is 24.7 Å². The molecule has 1 aliphatic rings. The summed E-state index contributed by atoms with van der Waals surface area (Å²) in [4.78, 5) is 12.0. The fourth-order valence-corrected chi connectivity index (χ4v) is 2.94.